The molecule has 60 heavy (non-hydrogen) atoms. The average Bonchev–Trinajstić information content (AvgIpc) is 3.82. The van der Waals surface area contributed by atoms with E-state index >= 15 is 0 Å². The third-order valence-electron chi connectivity index (χ3n) is 12.4. The highest BCUT2D eigenvalue weighted by Gasteiger charge is 2.42. The molecule has 0 aliphatic carbocycles. The van der Waals surface area contributed by atoms with Crippen LogP contribution in [0.1, 0.15) is 37.5 Å². The van der Waals surface area contributed by atoms with Crippen molar-refractivity contribution in [2.75, 3.05) is 4.81 Å². The van der Waals surface area contributed by atoms with Crippen LogP contribution in [0.4, 0.5) is 11.5 Å². The van der Waals surface area contributed by atoms with Crippen molar-refractivity contribution in [3.63, 3.8) is 0 Å². The van der Waals surface area contributed by atoms with Crippen LogP contribution in [0, 0.1) is 20.2 Å². The van der Waals surface area contributed by atoms with Gasteiger partial charge >= 0.3 is 6.98 Å². The van der Waals surface area contributed by atoms with Gasteiger partial charge in [-0.05, 0) is 82.5 Å². The number of fused-ring (bicyclic) bond motifs is 7. The second kappa shape index (κ2) is 13.7. The predicted molar refractivity (Wildman–Crippen MR) is 249 cm³/mol. The quantitative estimate of drug-likeness (QED) is 0.129. The van der Waals surface area contributed by atoms with Crippen LogP contribution in [0.3, 0.4) is 0 Å². The van der Waals surface area contributed by atoms with Gasteiger partial charge in [0.05, 0.1) is 27.8 Å². The Labute approximate surface area is 351 Å². The molecule has 0 amide bonds. The second-order valence-corrected chi connectivity index (χ2v) is 17.1. The van der Waals surface area contributed by atoms with Crippen LogP contribution < -0.4 is 14.8 Å². The molecular weight excluding hydrogens is 729 g/mol. The van der Waals surface area contributed by atoms with E-state index in [0.29, 0.717) is 0 Å². The summed E-state index contributed by atoms with van der Waals surface area (Å²) in [6.07, 6.45) is 3.99. The zero-order chi connectivity index (χ0) is 40.7. The number of imidazole rings is 1. The summed E-state index contributed by atoms with van der Waals surface area (Å²) in [5.74, 6) is 1.75. The number of anilines is 2. The molecule has 0 unspecified atom stereocenters. The lowest BCUT2D eigenvalue weighted by molar-refractivity contribution is -0.511. The van der Waals surface area contributed by atoms with Crippen molar-refractivity contribution in [1.82, 2.24) is 14.1 Å². The normalized spacial score (nSPS) is 12.4. The first-order valence-corrected chi connectivity index (χ1v) is 20.9. The average molecular weight is 774 g/mol. The lowest BCUT2D eigenvalue weighted by atomic mass is 9.61. The van der Waals surface area contributed by atoms with Crippen molar-refractivity contribution in [1.29, 1.82) is 0 Å². The van der Waals surface area contributed by atoms with Gasteiger partial charge in [0, 0.05) is 21.9 Å². The molecule has 0 spiro atoms. The molecule has 0 atom stereocenters. The van der Waals surface area contributed by atoms with E-state index in [2.05, 4.69) is 235 Å². The number of hydrogen-bond acceptors (Lipinski definition) is 2. The standard InChI is InChI=1S/C54H44BN5/c1-36-19-17-20-37(2)52(36)60(51-34-38(54(3,4)5)33-50(56-51)59-47-30-15-12-26-43(47)44-27-13-16-31-48(44)59)55-46-29-14-11-25-42(46)40-23-9-10-24-41(40)45-28-18-32-49-53(45)58(55)35-57(49)39-21-7-6-8-22-39/h6-34H,1-5H3. The van der Waals surface area contributed by atoms with E-state index in [0.717, 1.165) is 56.1 Å². The Hall–Kier alpha value is -7.18. The Balaban J connectivity index is 1.30. The summed E-state index contributed by atoms with van der Waals surface area (Å²) < 4.78 is 6.98. The van der Waals surface area contributed by atoms with Crippen LogP contribution in [0.15, 0.2) is 176 Å². The van der Waals surface area contributed by atoms with Gasteiger partial charge in [0.15, 0.2) is 0 Å². The summed E-state index contributed by atoms with van der Waals surface area (Å²) >= 11 is 0. The Bertz CT molecular complexity index is 3220. The molecule has 3 aromatic heterocycles. The van der Waals surface area contributed by atoms with Crippen molar-refractivity contribution in [2.24, 2.45) is 0 Å². The molecular formula is C54H44BN5. The summed E-state index contributed by atoms with van der Waals surface area (Å²) in [5.41, 5.74) is 15.9. The number of pyridine rings is 1. The van der Waals surface area contributed by atoms with E-state index in [1.807, 2.05) is 0 Å². The number of benzene rings is 7. The second-order valence-electron chi connectivity index (χ2n) is 17.1. The fraction of sp³-hybridized carbons (Fsp3) is 0.111. The maximum Gasteiger partial charge on any atom is 0.525 e. The van der Waals surface area contributed by atoms with Crippen molar-refractivity contribution in [3.8, 4) is 33.8 Å². The number of rotatable bonds is 5. The summed E-state index contributed by atoms with van der Waals surface area (Å²) in [6.45, 7) is 11.0. The first-order chi connectivity index (χ1) is 29.3. The minimum Gasteiger partial charge on any atom is -0.354 e. The number of para-hydroxylation sites is 5. The highest BCUT2D eigenvalue weighted by atomic mass is 15.3. The van der Waals surface area contributed by atoms with E-state index in [1.54, 1.807) is 0 Å². The maximum atomic E-state index is 5.83. The van der Waals surface area contributed by atoms with E-state index in [4.69, 9.17) is 4.98 Å². The summed E-state index contributed by atoms with van der Waals surface area (Å²) in [7, 11) is 0. The van der Waals surface area contributed by atoms with Gasteiger partial charge in [0.25, 0.3) is 0 Å². The smallest absolute Gasteiger partial charge is 0.354 e. The van der Waals surface area contributed by atoms with Crippen LogP contribution in [0.2, 0.25) is 0 Å². The molecule has 0 bridgehead atoms. The van der Waals surface area contributed by atoms with E-state index in [1.165, 1.54) is 44.2 Å². The maximum absolute atomic E-state index is 5.83. The molecule has 0 saturated heterocycles. The fourth-order valence-electron chi connectivity index (χ4n) is 9.55. The zero-order valence-electron chi connectivity index (χ0n) is 34.6. The van der Waals surface area contributed by atoms with Crippen molar-refractivity contribution >= 4 is 56.8 Å². The molecule has 0 saturated carbocycles. The molecule has 4 heterocycles. The van der Waals surface area contributed by atoms with Crippen LogP contribution in [0.5, 0.6) is 0 Å². The van der Waals surface area contributed by atoms with E-state index in [9.17, 15) is 0 Å². The predicted octanol–water partition coefficient (Wildman–Crippen LogP) is 11.9. The van der Waals surface area contributed by atoms with Gasteiger partial charge in [-0.3, -0.25) is 4.57 Å². The van der Waals surface area contributed by atoms with Gasteiger partial charge in [0.2, 0.25) is 6.33 Å². The first kappa shape index (κ1) is 35.9. The number of nitrogens with zero attached hydrogens (tertiary/aromatic N) is 5. The Morgan fingerprint density at radius 2 is 1.12 bits per heavy atom. The first-order valence-electron chi connectivity index (χ1n) is 20.9. The largest absolute Gasteiger partial charge is 0.525 e. The molecule has 0 radical (unpaired) electrons. The van der Waals surface area contributed by atoms with Gasteiger partial charge in [0.1, 0.15) is 11.6 Å². The van der Waals surface area contributed by atoms with Gasteiger partial charge in [-0.25, -0.2) is 4.98 Å². The number of aryl methyl sites for hydroxylation is 2. The van der Waals surface area contributed by atoms with Gasteiger partial charge in [-0.2, -0.15) is 0 Å². The summed E-state index contributed by atoms with van der Waals surface area (Å²) in [5, 5.41) is 2.42. The third kappa shape index (κ3) is 5.55. The minimum atomic E-state index is -0.406. The number of hydrogen-bond donors (Lipinski definition) is 0. The van der Waals surface area contributed by atoms with E-state index < -0.39 is 6.98 Å². The van der Waals surface area contributed by atoms with Gasteiger partial charge in [-0.1, -0.05) is 172 Å². The van der Waals surface area contributed by atoms with Crippen molar-refractivity contribution < 1.29 is 4.48 Å². The molecule has 0 fully saturated rings. The van der Waals surface area contributed by atoms with Crippen LogP contribution in [0.25, 0.3) is 66.6 Å². The van der Waals surface area contributed by atoms with Crippen LogP contribution >= 0.6 is 0 Å². The fourth-order valence-corrected chi connectivity index (χ4v) is 9.55. The van der Waals surface area contributed by atoms with Gasteiger partial charge in [-0.15, -0.1) is 0 Å². The third-order valence-corrected chi connectivity index (χ3v) is 12.4. The minimum absolute atomic E-state index is 0.189. The van der Waals surface area contributed by atoms with Gasteiger partial charge < -0.3 is 13.9 Å². The Morgan fingerprint density at radius 1 is 0.567 bits per heavy atom. The lowest BCUT2D eigenvalue weighted by Gasteiger charge is -2.35. The topological polar surface area (TPSA) is 29.9 Å². The molecule has 1 aliphatic rings. The molecule has 10 aromatic rings. The molecule has 7 aromatic carbocycles. The summed E-state index contributed by atoms with van der Waals surface area (Å²) in [4.78, 5) is 8.34. The van der Waals surface area contributed by atoms with Crippen molar-refractivity contribution in [3.05, 3.63) is 199 Å². The highest BCUT2D eigenvalue weighted by Crippen LogP contribution is 2.41. The van der Waals surface area contributed by atoms with Crippen molar-refractivity contribution in [2.45, 2.75) is 40.0 Å². The molecule has 11 rings (SSSR count). The Kier molecular flexibility index (Phi) is 8.21. The highest BCUT2D eigenvalue weighted by molar-refractivity contribution is 6.72. The molecule has 6 heteroatoms. The van der Waals surface area contributed by atoms with E-state index in [-0.39, 0.29) is 5.41 Å². The molecule has 0 N–H and O–H groups in total. The lowest BCUT2D eigenvalue weighted by Crippen LogP contribution is -2.68. The summed E-state index contributed by atoms with van der Waals surface area (Å²) in [6, 6.07) is 63.7. The molecule has 288 valence electrons. The van der Waals surface area contributed by atoms with Crippen LogP contribution in [-0.4, -0.2) is 21.1 Å². The molecule has 1 aliphatic heterocycles. The monoisotopic (exact) mass is 773 g/mol. The Morgan fingerprint density at radius 3 is 1.80 bits per heavy atom. The molecule has 5 nitrogen and oxygen atoms in total. The SMILES string of the molecule is Cc1cccc(C)c1N(B1c2ccccc2-c2ccccc2-c2cccc3c2[n+]1[c-]n3-c1ccccc1)c1cc(C(C)(C)C)cc(-n2c3ccccc3c3ccccc32)n1. The van der Waals surface area contributed by atoms with Crippen LogP contribution in [-0.2, 0) is 5.41 Å². The number of aromatic nitrogens is 4. The zero-order valence-corrected chi connectivity index (χ0v) is 34.6.